The number of fused-ring (bicyclic) bond motifs is 3. The smallest absolute Gasteiger partial charge is 0.449 e. The van der Waals surface area contributed by atoms with Crippen LogP contribution in [0.3, 0.4) is 0 Å². The van der Waals surface area contributed by atoms with E-state index >= 15 is 0 Å². The third kappa shape index (κ3) is 5.19. The van der Waals surface area contributed by atoms with E-state index in [0.717, 1.165) is 11.0 Å². The molecule has 3 aromatic carbocycles. The molecule has 1 heterocycles. The fourth-order valence-corrected chi connectivity index (χ4v) is 4.92. The van der Waals surface area contributed by atoms with Crippen LogP contribution in [-0.2, 0) is 14.0 Å². The summed E-state index contributed by atoms with van der Waals surface area (Å²) < 4.78 is 18.3. The number of hydrogen-bond acceptors (Lipinski definition) is 4. The van der Waals surface area contributed by atoms with Crippen molar-refractivity contribution < 1.29 is 18.8 Å². The lowest BCUT2D eigenvalue weighted by atomic mass is 9.77. The molecule has 0 atom stereocenters. The Balaban J connectivity index is 1.29. The van der Waals surface area contributed by atoms with Crippen molar-refractivity contribution in [1.29, 1.82) is 0 Å². The van der Waals surface area contributed by atoms with E-state index in [1.54, 1.807) is 0 Å². The minimum absolute atomic E-state index is 0.00493. The molecule has 2 aliphatic rings. The molecule has 1 aliphatic heterocycles. The summed E-state index contributed by atoms with van der Waals surface area (Å²) in [6.45, 7) is 8.50. The van der Waals surface area contributed by atoms with E-state index in [2.05, 4.69) is 29.6 Å². The van der Waals surface area contributed by atoms with Gasteiger partial charge in [0.15, 0.2) is 0 Å². The molecule has 1 amide bonds. The van der Waals surface area contributed by atoms with Crippen LogP contribution in [0.2, 0.25) is 5.02 Å². The van der Waals surface area contributed by atoms with E-state index in [4.69, 9.17) is 25.6 Å². The van der Waals surface area contributed by atoms with Crippen LogP contribution in [0.1, 0.15) is 50.3 Å². The van der Waals surface area contributed by atoms with Crippen LogP contribution in [0.25, 0.3) is 17.2 Å². The molecule has 0 unspecified atom stereocenters. The Morgan fingerprint density at radius 2 is 1.46 bits per heavy atom. The molecule has 0 spiro atoms. The number of rotatable bonds is 6. The summed E-state index contributed by atoms with van der Waals surface area (Å²) in [7, 11) is -0.602. The Labute approximate surface area is 223 Å². The normalized spacial score (nSPS) is 17.9. The Morgan fingerprint density at radius 3 is 2.03 bits per heavy atom. The number of halogens is 1. The molecule has 0 saturated carbocycles. The maximum atomic E-state index is 12.8. The number of alkyl carbamates (subject to hydrolysis) is 1. The second-order valence-corrected chi connectivity index (χ2v) is 11.0. The molecule has 190 valence electrons. The third-order valence-corrected chi connectivity index (χ3v) is 7.81. The van der Waals surface area contributed by atoms with Gasteiger partial charge in [-0.15, -0.1) is 0 Å². The molecular weight excluding hydrogens is 485 g/mol. The van der Waals surface area contributed by atoms with Crippen LogP contribution in [0.4, 0.5) is 4.79 Å². The number of ether oxygens (including phenoxy) is 1. The van der Waals surface area contributed by atoms with Crippen molar-refractivity contribution in [3.05, 3.63) is 100.0 Å². The van der Waals surface area contributed by atoms with Crippen LogP contribution < -0.4 is 5.32 Å². The molecule has 1 aliphatic carbocycles. The number of hydrogen-bond donors (Lipinski definition) is 1. The number of carbonyl (C=O) groups excluding carboxylic acids is 1. The van der Waals surface area contributed by atoms with Crippen molar-refractivity contribution in [2.75, 3.05) is 13.2 Å². The van der Waals surface area contributed by atoms with Crippen molar-refractivity contribution in [2.45, 2.75) is 44.8 Å². The Kier molecular flexibility index (Phi) is 6.92. The first-order valence-corrected chi connectivity index (χ1v) is 12.9. The summed E-state index contributed by atoms with van der Waals surface area (Å²) in [6, 6.07) is 24.1. The van der Waals surface area contributed by atoms with Gasteiger partial charge in [-0.2, -0.15) is 0 Å². The van der Waals surface area contributed by atoms with Crippen molar-refractivity contribution in [3.63, 3.8) is 0 Å². The maximum Gasteiger partial charge on any atom is 0.492 e. The zero-order valence-corrected chi connectivity index (χ0v) is 22.3. The molecular formula is C30H31BClNO4. The zero-order valence-electron chi connectivity index (χ0n) is 21.6. The predicted octanol–water partition coefficient (Wildman–Crippen LogP) is 6.89. The summed E-state index contributed by atoms with van der Waals surface area (Å²) in [4.78, 5) is 12.8. The summed E-state index contributed by atoms with van der Waals surface area (Å²) in [5.74, 6) is 0.00493. The van der Waals surface area contributed by atoms with Crippen LogP contribution >= 0.6 is 11.6 Å². The molecule has 0 aromatic heterocycles. The summed E-state index contributed by atoms with van der Waals surface area (Å²) in [6.07, 6.45) is 1.47. The van der Waals surface area contributed by atoms with Gasteiger partial charge in [0.25, 0.3) is 0 Å². The highest BCUT2D eigenvalue weighted by Gasteiger charge is 2.52. The van der Waals surface area contributed by atoms with Gasteiger partial charge in [0.1, 0.15) is 6.61 Å². The topological polar surface area (TPSA) is 56.8 Å². The van der Waals surface area contributed by atoms with Crippen LogP contribution in [0.15, 0.2) is 78.3 Å². The average molecular weight is 516 g/mol. The molecule has 7 heteroatoms. The van der Waals surface area contributed by atoms with E-state index in [1.807, 2.05) is 82.3 Å². The van der Waals surface area contributed by atoms with E-state index in [0.29, 0.717) is 5.02 Å². The van der Waals surface area contributed by atoms with Gasteiger partial charge in [0.2, 0.25) is 0 Å². The summed E-state index contributed by atoms with van der Waals surface area (Å²) in [5.41, 5.74) is 5.47. The standard InChI is InChI=1S/C30H31BClNO4/c1-29(2)30(3,4)37-31(36-29)21(17-20-13-15-22(32)16-14-20)18-33-28(34)35-19-27-25-11-7-5-9-23(25)24-10-6-8-12-26(24)27/h5-17,27H,18-19H2,1-4H3,(H,33,34). The number of benzene rings is 3. The fraction of sp³-hybridized carbons (Fsp3) is 0.300. The Bertz CT molecular complexity index is 1270. The first kappa shape index (κ1) is 25.6. The first-order valence-electron chi connectivity index (χ1n) is 12.6. The Morgan fingerprint density at radius 1 is 0.919 bits per heavy atom. The van der Waals surface area contributed by atoms with E-state index in [1.165, 1.54) is 22.3 Å². The summed E-state index contributed by atoms with van der Waals surface area (Å²) >= 11 is 6.06. The SMILES string of the molecule is CC1(C)OB(C(=Cc2ccc(Cl)cc2)CNC(=O)OCC2c3ccccc3-c3ccccc32)OC1(C)C. The van der Waals surface area contributed by atoms with Crippen LogP contribution in [0.5, 0.6) is 0 Å². The lowest BCUT2D eigenvalue weighted by molar-refractivity contribution is 0.00578. The van der Waals surface area contributed by atoms with Gasteiger partial charge >= 0.3 is 13.2 Å². The Hall–Kier alpha value is -3.06. The molecule has 3 aromatic rings. The van der Waals surface area contributed by atoms with Gasteiger partial charge in [0.05, 0.1) is 11.2 Å². The largest absolute Gasteiger partial charge is 0.492 e. The van der Waals surface area contributed by atoms with Gasteiger partial charge in [-0.3, -0.25) is 0 Å². The third-order valence-electron chi connectivity index (χ3n) is 7.56. The maximum absolute atomic E-state index is 12.8. The van der Waals surface area contributed by atoms with Gasteiger partial charge in [-0.1, -0.05) is 78.3 Å². The highest BCUT2D eigenvalue weighted by Crippen LogP contribution is 2.44. The second kappa shape index (κ2) is 10.0. The lowest BCUT2D eigenvalue weighted by Gasteiger charge is -2.32. The molecule has 5 rings (SSSR count). The molecule has 1 saturated heterocycles. The summed E-state index contributed by atoms with van der Waals surface area (Å²) in [5, 5.41) is 3.56. The number of carbonyl (C=O) groups is 1. The molecule has 5 nitrogen and oxygen atoms in total. The lowest BCUT2D eigenvalue weighted by Crippen LogP contribution is -2.41. The minimum atomic E-state index is -0.602. The van der Waals surface area contributed by atoms with Crippen molar-refractivity contribution in [1.82, 2.24) is 5.32 Å². The average Bonchev–Trinajstić information content (AvgIpc) is 3.30. The van der Waals surface area contributed by atoms with E-state index in [9.17, 15) is 4.79 Å². The van der Waals surface area contributed by atoms with Gasteiger partial charge in [0, 0.05) is 17.5 Å². The zero-order chi connectivity index (χ0) is 26.2. The molecule has 0 radical (unpaired) electrons. The molecule has 1 N–H and O–H groups in total. The highest BCUT2D eigenvalue weighted by molar-refractivity contribution is 6.56. The van der Waals surface area contributed by atoms with Gasteiger partial charge in [-0.05, 0) is 73.1 Å². The molecule has 0 bridgehead atoms. The highest BCUT2D eigenvalue weighted by atomic mass is 35.5. The molecule has 37 heavy (non-hydrogen) atoms. The van der Waals surface area contributed by atoms with Crippen molar-refractivity contribution >= 4 is 30.9 Å². The number of amides is 1. The minimum Gasteiger partial charge on any atom is -0.449 e. The van der Waals surface area contributed by atoms with E-state index in [-0.39, 0.29) is 19.1 Å². The van der Waals surface area contributed by atoms with Gasteiger partial charge < -0.3 is 19.4 Å². The van der Waals surface area contributed by atoms with Crippen LogP contribution in [0, 0.1) is 0 Å². The number of nitrogens with one attached hydrogen (secondary N) is 1. The second-order valence-electron chi connectivity index (χ2n) is 10.5. The van der Waals surface area contributed by atoms with Crippen molar-refractivity contribution in [2.24, 2.45) is 0 Å². The van der Waals surface area contributed by atoms with Crippen molar-refractivity contribution in [3.8, 4) is 11.1 Å². The monoisotopic (exact) mass is 515 g/mol. The fourth-order valence-electron chi connectivity index (χ4n) is 4.79. The first-order chi connectivity index (χ1) is 17.6. The van der Waals surface area contributed by atoms with Gasteiger partial charge in [-0.25, -0.2) is 4.79 Å². The van der Waals surface area contributed by atoms with E-state index < -0.39 is 24.4 Å². The quantitative estimate of drug-likeness (QED) is 0.363. The predicted molar refractivity (Wildman–Crippen MR) is 149 cm³/mol. The molecule has 1 fully saturated rings. The van der Waals surface area contributed by atoms with Crippen LogP contribution in [-0.4, -0.2) is 37.6 Å².